The number of aromatic hydroxyl groups is 1. The first-order valence-electron chi connectivity index (χ1n) is 6.99. The Hall–Kier alpha value is -2.76. The molecule has 0 bridgehead atoms. The second-order valence-corrected chi connectivity index (χ2v) is 4.50. The van der Waals surface area contributed by atoms with Gasteiger partial charge in [0, 0.05) is 6.20 Å². The van der Waals surface area contributed by atoms with Crippen molar-refractivity contribution in [3.05, 3.63) is 42.6 Å². The first kappa shape index (κ1) is 15.6. The number of pyridine rings is 1. The molecule has 0 spiro atoms. The van der Waals surface area contributed by atoms with Crippen molar-refractivity contribution in [2.45, 2.75) is 13.3 Å². The Kier molecular flexibility index (Phi) is 5.59. The second-order valence-electron chi connectivity index (χ2n) is 4.50. The van der Waals surface area contributed by atoms with Crippen LogP contribution >= 0.6 is 0 Å². The van der Waals surface area contributed by atoms with Crippen molar-refractivity contribution in [1.29, 1.82) is 0 Å². The van der Waals surface area contributed by atoms with Crippen molar-refractivity contribution in [1.82, 2.24) is 4.98 Å². The fourth-order valence-electron chi connectivity index (χ4n) is 1.71. The van der Waals surface area contributed by atoms with Gasteiger partial charge in [0.05, 0.1) is 6.61 Å². The summed E-state index contributed by atoms with van der Waals surface area (Å²) in [6, 6.07) is 10.2. The number of amides is 1. The van der Waals surface area contributed by atoms with Crippen LogP contribution in [-0.2, 0) is 4.79 Å². The fourth-order valence-corrected chi connectivity index (χ4v) is 1.71. The molecule has 0 fully saturated rings. The third-order valence-corrected chi connectivity index (χ3v) is 2.71. The van der Waals surface area contributed by atoms with Gasteiger partial charge in [-0.25, -0.2) is 4.98 Å². The monoisotopic (exact) mass is 302 g/mol. The SMILES string of the molecule is CCCOc1ccccc1OCC(=O)Nc1ncccc1O. The molecule has 0 aliphatic rings. The molecule has 2 aromatic rings. The normalized spacial score (nSPS) is 10.0. The zero-order valence-electron chi connectivity index (χ0n) is 12.3. The zero-order chi connectivity index (χ0) is 15.8. The van der Waals surface area contributed by atoms with Crippen molar-refractivity contribution in [2.75, 3.05) is 18.5 Å². The third kappa shape index (κ3) is 4.37. The van der Waals surface area contributed by atoms with Crippen molar-refractivity contribution >= 4 is 11.7 Å². The molecule has 0 atom stereocenters. The molecule has 0 unspecified atom stereocenters. The highest BCUT2D eigenvalue weighted by Crippen LogP contribution is 2.26. The molecule has 1 heterocycles. The van der Waals surface area contributed by atoms with Crippen LogP contribution in [0.5, 0.6) is 17.2 Å². The highest BCUT2D eigenvalue weighted by molar-refractivity contribution is 5.92. The van der Waals surface area contributed by atoms with Crippen molar-refractivity contribution in [3.8, 4) is 17.2 Å². The van der Waals surface area contributed by atoms with E-state index in [4.69, 9.17) is 9.47 Å². The minimum atomic E-state index is -0.417. The first-order chi connectivity index (χ1) is 10.7. The van der Waals surface area contributed by atoms with E-state index in [1.54, 1.807) is 24.3 Å². The van der Waals surface area contributed by atoms with Crippen molar-refractivity contribution < 1.29 is 19.4 Å². The van der Waals surface area contributed by atoms with Crippen LogP contribution in [0.15, 0.2) is 42.6 Å². The van der Waals surface area contributed by atoms with Gasteiger partial charge < -0.3 is 19.9 Å². The molecule has 6 heteroatoms. The summed E-state index contributed by atoms with van der Waals surface area (Å²) in [5.41, 5.74) is 0. The molecule has 0 saturated carbocycles. The Morgan fingerprint density at radius 2 is 1.91 bits per heavy atom. The predicted octanol–water partition coefficient (Wildman–Crippen LogP) is 2.59. The number of hydrogen-bond donors (Lipinski definition) is 2. The Bertz CT molecular complexity index is 631. The molecular formula is C16H18N2O4. The van der Waals surface area contributed by atoms with Gasteiger partial charge in [0.2, 0.25) is 0 Å². The molecule has 0 radical (unpaired) electrons. The average Bonchev–Trinajstić information content (AvgIpc) is 2.54. The molecule has 6 nitrogen and oxygen atoms in total. The summed E-state index contributed by atoms with van der Waals surface area (Å²) in [6.07, 6.45) is 2.36. The number of benzene rings is 1. The molecule has 0 aliphatic heterocycles. The fraction of sp³-hybridized carbons (Fsp3) is 0.250. The van der Waals surface area contributed by atoms with Crippen LogP contribution in [0.1, 0.15) is 13.3 Å². The van der Waals surface area contributed by atoms with E-state index in [1.165, 1.54) is 12.3 Å². The smallest absolute Gasteiger partial charge is 0.263 e. The van der Waals surface area contributed by atoms with Gasteiger partial charge in [-0.1, -0.05) is 19.1 Å². The van der Waals surface area contributed by atoms with Gasteiger partial charge in [0.15, 0.2) is 29.7 Å². The number of aromatic nitrogens is 1. The maximum Gasteiger partial charge on any atom is 0.263 e. The quantitative estimate of drug-likeness (QED) is 0.821. The largest absolute Gasteiger partial charge is 0.504 e. The zero-order valence-corrected chi connectivity index (χ0v) is 12.3. The molecule has 1 aromatic carbocycles. The van der Waals surface area contributed by atoms with Gasteiger partial charge in [-0.3, -0.25) is 4.79 Å². The maximum atomic E-state index is 11.8. The summed E-state index contributed by atoms with van der Waals surface area (Å²) in [6.45, 7) is 2.38. The predicted molar refractivity (Wildman–Crippen MR) is 82.3 cm³/mol. The molecule has 1 aromatic heterocycles. The van der Waals surface area contributed by atoms with Gasteiger partial charge in [-0.15, -0.1) is 0 Å². The number of carbonyl (C=O) groups excluding carboxylic acids is 1. The number of ether oxygens (including phenoxy) is 2. The number of anilines is 1. The lowest BCUT2D eigenvalue weighted by Gasteiger charge is -2.12. The first-order valence-corrected chi connectivity index (χ1v) is 6.99. The van der Waals surface area contributed by atoms with Crippen molar-refractivity contribution in [2.24, 2.45) is 0 Å². The van der Waals surface area contributed by atoms with Crippen molar-refractivity contribution in [3.63, 3.8) is 0 Å². The van der Waals surface area contributed by atoms with Crippen LogP contribution < -0.4 is 14.8 Å². The van der Waals surface area contributed by atoms with Gasteiger partial charge in [-0.05, 0) is 30.7 Å². The minimum absolute atomic E-state index is 0.0949. The van der Waals surface area contributed by atoms with Gasteiger partial charge in [-0.2, -0.15) is 0 Å². The molecule has 0 aliphatic carbocycles. The van der Waals surface area contributed by atoms with E-state index in [1.807, 2.05) is 13.0 Å². The van der Waals surface area contributed by atoms with E-state index in [2.05, 4.69) is 10.3 Å². The van der Waals surface area contributed by atoms with E-state index < -0.39 is 5.91 Å². The van der Waals surface area contributed by atoms with Gasteiger partial charge >= 0.3 is 0 Å². The van der Waals surface area contributed by atoms with Crippen LogP contribution in [0.2, 0.25) is 0 Å². The van der Waals surface area contributed by atoms with E-state index in [9.17, 15) is 9.90 Å². The van der Waals surface area contributed by atoms with Crippen LogP contribution in [0.25, 0.3) is 0 Å². The van der Waals surface area contributed by atoms with Crippen LogP contribution in [0, 0.1) is 0 Å². The lowest BCUT2D eigenvalue weighted by atomic mass is 10.3. The summed E-state index contributed by atoms with van der Waals surface area (Å²) < 4.78 is 11.0. The van der Waals surface area contributed by atoms with E-state index in [0.717, 1.165) is 6.42 Å². The lowest BCUT2D eigenvalue weighted by molar-refractivity contribution is -0.118. The maximum absolute atomic E-state index is 11.8. The third-order valence-electron chi connectivity index (χ3n) is 2.71. The van der Waals surface area contributed by atoms with Gasteiger partial charge in [0.25, 0.3) is 5.91 Å². The summed E-state index contributed by atoms with van der Waals surface area (Å²) >= 11 is 0. The van der Waals surface area contributed by atoms with Crippen LogP contribution in [0.3, 0.4) is 0 Å². The number of hydrogen-bond acceptors (Lipinski definition) is 5. The molecule has 22 heavy (non-hydrogen) atoms. The molecule has 2 rings (SSSR count). The van der Waals surface area contributed by atoms with Crippen LogP contribution in [0.4, 0.5) is 5.82 Å². The Morgan fingerprint density at radius 3 is 2.59 bits per heavy atom. The minimum Gasteiger partial charge on any atom is -0.504 e. The highest BCUT2D eigenvalue weighted by Gasteiger charge is 2.10. The molecule has 2 N–H and O–H groups in total. The van der Waals surface area contributed by atoms with E-state index in [-0.39, 0.29) is 18.2 Å². The summed E-state index contributed by atoms with van der Waals surface area (Å²) in [5.74, 6) is 0.683. The average molecular weight is 302 g/mol. The van der Waals surface area contributed by atoms with E-state index >= 15 is 0 Å². The summed E-state index contributed by atoms with van der Waals surface area (Å²) in [7, 11) is 0. The highest BCUT2D eigenvalue weighted by atomic mass is 16.5. The topological polar surface area (TPSA) is 80.7 Å². The van der Waals surface area contributed by atoms with Crippen LogP contribution in [-0.4, -0.2) is 29.2 Å². The summed E-state index contributed by atoms with van der Waals surface area (Å²) in [4.78, 5) is 15.7. The molecule has 116 valence electrons. The summed E-state index contributed by atoms with van der Waals surface area (Å²) in [5, 5.41) is 12.0. The number of nitrogens with one attached hydrogen (secondary N) is 1. The van der Waals surface area contributed by atoms with Gasteiger partial charge in [0.1, 0.15) is 0 Å². The number of carbonyl (C=O) groups is 1. The Morgan fingerprint density at radius 1 is 1.18 bits per heavy atom. The standard InChI is InChI=1S/C16H18N2O4/c1-2-10-21-13-7-3-4-8-14(13)22-11-15(20)18-16-12(19)6-5-9-17-16/h3-9,19H,2,10-11H2,1H3,(H,17,18,20). The second kappa shape index (κ2) is 7.87. The lowest BCUT2D eigenvalue weighted by Crippen LogP contribution is -2.21. The number of para-hydroxylation sites is 2. The molecule has 0 saturated heterocycles. The number of nitrogens with zero attached hydrogens (tertiary/aromatic N) is 1. The number of rotatable bonds is 7. The molecule has 1 amide bonds. The Balaban J connectivity index is 1.92. The Labute approximate surface area is 128 Å². The molecular weight excluding hydrogens is 284 g/mol. The van der Waals surface area contributed by atoms with E-state index in [0.29, 0.717) is 18.1 Å².